The van der Waals surface area contributed by atoms with E-state index in [1.165, 1.54) is 103 Å². The summed E-state index contributed by atoms with van der Waals surface area (Å²) in [5.74, 6) is -0.213. The van der Waals surface area contributed by atoms with E-state index in [2.05, 4.69) is 104 Å². The van der Waals surface area contributed by atoms with Crippen LogP contribution in [-0.4, -0.2) is 73.4 Å². The van der Waals surface area contributed by atoms with Gasteiger partial charge in [0.15, 0.2) is 0 Å². The summed E-state index contributed by atoms with van der Waals surface area (Å²) in [6.07, 6.45) is 70.8. The highest BCUT2D eigenvalue weighted by Gasteiger charge is 2.27. The van der Waals surface area contributed by atoms with Crippen LogP contribution in [0, 0.1) is 0 Å². The third kappa shape index (κ3) is 51.3. The monoisotopic (exact) mass is 970 g/mol. The van der Waals surface area contributed by atoms with E-state index in [-0.39, 0.29) is 19.1 Å². The van der Waals surface area contributed by atoms with E-state index >= 15 is 0 Å². The first-order valence-electron chi connectivity index (χ1n) is 27.6. The van der Waals surface area contributed by atoms with E-state index in [0.29, 0.717) is 17.4 Å². The SMILES string of the molecule is CC/C=C\C/C=C\C/C=C\C/C=C\C/C=C\CCCCCCCC(=O)NC(COP(=O)(O)OCC[N+](C)(C)C)C(O)/C=C/CC/C=C/CC/C=C/CCCCCCCCCCCCCCCCC. The number of carbonyl (C=O) groups excluding carboxylic acids is 1. The third-order valence-electron chi connectivity index (χ3n) is 11.8. The van der Waals surface area contributed by atoms with Gasteiger partial charge in [-0.3, -0.25) is 13.8 Å². The van der Waals surface area contributed by atoms with E-state index in [9.17, 15) is 19.4 Å². The fourth-order valence-electron chi connectivity index (χ4n) is 7.45. The van der Waals surface area contributed by atoms with Gasteiger partial charge in [-0.2, -0.15) is 0 Å². The number of likely N-dealkylation sites (N-methyl/N-ethyl adjacent to an activating group) is 1. The Morgan fingerprint density at radius 3 is 1.35 bits per heavy atom. The summed E-state index contributed by atoms with van der Waals surface area (Å²) in [4.78, 5) is 23.3. The van der Waals surface area contributed by atoms with E-state index in [0.717, 1.165) is 96.3 Å². The first-order chi connectivity index (χ1) is 33.0. The lowest BCUT2D eigenvalue weighted by molar-refractivity contribution is -0.870. The zero-order valence-corrected chi connectivity index (χ0v) is 45.5. The summed E-state index contributed by atoms with van der Waals surface area (Å²) in [6.45, 7) is 4.65. The molecule has 0 saturated heterocycles. The summed E-state index contributed by atoms with van der Waals surface area (Å²) < 4.78 is 23.6. The molecule has 0 aromatic rings. The molecular weight excluding hydrogens is 864 g/mol. The molecule has 0 heterocycles. The minimum atomic E-state index is -4.37. The van der Waals surface area contributed by atoms with Gasteiger partial charge in [-0.25, -0.2) is 4.57 Å². The Labute approximate surface area is 419 Å². The van der Waals surface area contributed by atoms with Crippen LogP contribution in [0.2, 0.25) is 0 Å². The Bertz CT molecular complexity index is 1420. The second kappa shape index (κ2) is 49.4. The molecule has 392 valence electrons. The van der Waals surface area contributed by atoms with Crippen molar-refractivity contribution in [2.45, 2.75) is 231 Å². The summed E-state index contributed by atoms with van der Waals surface area (Å²) in [5.41, 5.74) is 0. The van der Waals surface area contributed by atoms with Crippen LogP contribution < -0.4 is 5.32 Å². The van der Waals surface area contributed by atoms with E-state index in [1.54, 1.807) is 6.08 Å². The highest BCUT2D eigenvalue weighted by Crippen LogP contribution is 2.43. The molecule has 9 heteroatoms. The molecule has 0 aliphatic carbocycles. The number of hydrogen-bond donors (Lipinski definition) is 3. The number of nitrogens with zero attached hydrogens (tertiary/aromatic N) is 1. The number of phosphoric acid groups is 1. The molecule has 0 fully saturated rings. The standard InChI is InChI=1S/C59H105N2O6P/c1-6-8-10-12-14-16-18-20-22-24-26-28-29-30-31-33-34-36-38-40-42-44-46-48-50-52-58(62)57(56-67-68(64,65)66-55-54-61(3,4)5)60-59(63)53-51-49-47-45-43-41-39-37-35-32-27-25-23-21-19-17-15-13-11-9-7-2/h9,11,15,17,21,23,27,32,34,36-37,39,42,44,50,52,57-58,62H,6-8,10,12-14,16,18-20,22,24-26,28-31,33,35,38,40-41,43,45-49,51,53-56H2,1-5H3,(H-,60,63,64,65)/p+1/b11-9-,17-15-,23-21-,32-27-,36-34+,39-37-,44-42+,52-50+. The molecule has 0 saturated carbocycles. The fourth-order valence-corrected chi connectivity index (χ4v) is 8.19. The molecule has 0 aliphatic heterocycles. The van der Waals surface area contributed by atoms with Gasteiger partial charge in [-0.05, 0) is 89.9 Å². The van der Waals surface area contributed by atoms with Crippen molar-refractivity contribution in [1.82, 2.24) is 5.32 Å². The molecule has 0 bridgehead atoms. The lowest BCUT2D eigenvalue weighted by atomic mass is 10.0. The molecule has 0 spiro atoms. The molecule has 0 radical (unpaired) electrons. The Morgan fingerprint density at radius 2 is 0.897 bits per heavy atom. The first kappa shape index (κ1) is 65.4. The van der Waals surface area contributed by atoms with Crippen LogP contribution in [0.1, 0.15) is 219 Å². The lowest BCUT2D eigenvalue weighted by Gasteiger charge is -2.25. The van der Waals surface area contributed by atoms with Crippen LogP contribution in [0.3, 0.4) is 0 Å². The molecular formula is C59H106N2O6P+. The maximum atomic E-state index is 13.0. The second-order valence-electron chi connectivity index (χ2n) is 19.6. The lowest BCUT2D eigenvalue weighted by Crippen LogP contribution is -2.45. The summed E-state index contributed by atoms with van der Waals surface area (Å²) in [7, 11) is 1.52. The largest absolute Gasteiger partial charge is 0.472 e. The maximum absolute atomic E-state index is 13.0. The van der Waals surface area contributed by atoms with Gasteiger partial charge in [0.05, 0.1) is 39.9 Å². The van der Waals surface area contributed by atoms with Crippen molar-refractivity contribution in [1.29, 1.82) is 0 Å². The molecule has 3 unspecified atom stereocenters. The molecule has 68 heavy (non-hydrogen) atoms. The first-order valence-corrected chi connectivity index (χ1v) is 29.1. The average molecular weight is 970 g/mol. The zero-order valence-electron chi connectivity index (χ0n) is 44.6. The number of unbranched alkanes of at least 4 members (excludes halogenated alkanes) is 22. The van der Waals surface area contributed by atoms with Crippen molar-refractivity contribution in [3.8, 4) is 0 Å². The van der Waals surface area contributed by atoms with Gasteiger partial charge >= 0.3 is 7.82 Å². The molecule has 0 aromatic heterocycles. The van der Waals surface area contributed by atoms with E-state index in [4.69, 9.17) is 9.05 Å². The number of hydrogen-bond acceptors (Lipinski definition) is 5. The van der Waals surface area contributed by atoms with Crippen molar-refractivity contribution >= 4 is 13.7 Å². The van der Waals surface area contributed by atoms with Crippen molar-refractivity contribution < 1.29 is 32.9 Å². The predicted octanol–water partition coefficient (Wildman–Crippen LogP) is 16.6. The van der Waals surface area contributed by atoms with Crippen LogP contribution in [-0.2, 0) is 18.4 Å². The molecule has 0 aromatic carbocycles. The van der Waals surface area contributed by atoms with E-state index in [1.807, 2.05) is 27.2 Å². The van der Waals surface area contributed by atoms with Gasteiger partial charge in [-0.15, -0.1) is 0 Å². The molecule has 3 atom stereocenters. The fraction of sp³-hybridized carbons (Fsp3) is 0.712. The summed E-state index contributed by atoms with van der Waals surface area (Å²) >= 11 is 0. The Balaban J connectivity index is 4.39. The molecule has 0 rings (SSSR count). The number of rotatable bonds is 49. The van der Waals surface area contributed by atoms with Crippen LogP contribution in [0.4, 0.5) is 0 Å². The zero-order chi connectivity index (χ0) is 49.9. The number of nitrogens with one attached hydrogen (secondary N) is 1. The van der Waals surface area contributed by atoms with Crippen molar-refractivity contribution in [2.75, 3.05) is 40.9 Å². The second-order valence-corrected chi connectivity index (χ2v) is 21.0. The number of phosphoric ester groups is 1. The number of amides is 1. The van der Waals surface area contributed by atoms with Crippen LogP contribution in [0.15, 0.2) is 97.2 Å². The number of aliphatic hydroxyl groups is 1. The van der Waals surface area contributed by atoms with Crippen molar-refractivity contribution in [3.63, 3.8) is 0 Å². The predicted molar refractivity (Wildman–Crippen MR) is 295 cm³/mol. The molecule has 0 aliphatic rings. The van der Waals surface area contributed by atoms with Crippen LogP contribution in [0.25, 0.3) is 0 Å². The Kier molecular flexibility index (Phi) is 47.5. The van der Waals surface area contributed by atoms with Crippen molar-refractivity contribution in [3.05, 3.63) is 97.2 Å². The van der Waals surface area contributed by atoms with Crippen LogP contribution >= 0.6 is 7.82 Å². The summed E-state index contributed by atoms with van der Waals surface area (Å²) in [6, 6.07) is -0.888. The quantitative estimate of drug-likeness (QED) is 0.0243. The Hall–Kier alpha value is -2.58. The van der Waals surface area contributed by atoms with Gasteiger partial charge in [-0.1, -0.05) is 220 Å². The Morgan fingerprint density at radius 1 is 0.515 bits per heavy atom. The van der Waals surface area contributed by atoms with Crippen molar-refractivity contribution in [2.24, 2.45) is 0 Å². The smallest absolute Gasteiger partial charge is 0.387 e. The van der Waals surface area contributed by atoms with Gasteiger partial charge in [0.1, 0.15) is 13.2 Å². The van der Waals surface area contributed by atoms with Gasteiger partial charge < -0.3 is 19.8 Å². The number of quaternary nitrogens is 1. The van der Waals surface area contributed by atoms with Gasteiger partial charge in [0.25, 0.3) is 0 Å². The van der Waals surface area contributed by atoms with Gasteiger partial charge in [0, 0.05) is 6.42 Å². The van der Waals surface area contributed by atoms with E-state index < -0.39 is 20.0 Å². The van der Waals surface area contributed by atoms with Crippen LogP contribution in [0.5, 0.6) is 0 Å². The number of carbonyl (C=O) groups is 1. The highest BCUT2D eigenvalue weighted by molar-refractivity contribution is 7.47. The molecule has 8 nitrogen and oxygen atoms in total. The summed E-state index contributed by atoms with van der Waals surface area (Å²) in [5, 5.41) is 13.9. The van der Waals surface area contributed by atoms with Gasteiger partial charge in [0.2, 0.25) is 5.91 Å². The number of aliphatic hydroxyl groups excluding tert-OH is 1. The molecule has 3 N–H and O–H groups in total. The topological polar surface area (TPSA) is 105 Å². The minimum Gasteiger partial charge on any atom is -0.387 e. The maximum Gasteiger partial charge on any atom is 0.472 e. The minimum absolute atomic E-state index is 0.0441. The molecule has 1 amide bonds. The average Bonchev–Trinajstić information content (AvgIpc) is 3.30. The number of allylic oxidation sites excluding steroid dienone is 15. The normalized spacial score (nSPS) is 14.8. The third-order valence-corrected chi connectivity index (χ3v) is 12.7. The highest BCUT2D eigenvalue weighted by atomic mass is 31.2.